The topological polar surface area (TPSA) is 56.7 Å². The van der Waals surface area contributed by atoms with Gasteiger partial charge in [0, 0.05) is 24.8 Å². The molecule has 0 spiro atoms. The number of aromatic nitrogens is 2. The molecule has 7 heteroatoms. The molecule has 1 aromatic heterocycles. The summed E-state index contributed by atoms with van der Waals surface area (Å²) in [6, 6.07) is 6.55. The largest absolute Gasteiger partial charge is 0.378 e. The Kier molecular flexibility index (Phi) is 4.13. The molecule has 126 valence electrons. The molecule has 4 rings (SSSR count). The van der Waals surface area contributed by atoms with Crippen molar-refractivity contribution >= 4 is 5.95 Å². The van der Waals surface area contributed by atoms with Crippen LogP contribution in [0.25, 0.3) is 11.3 Å². The van der Waals surface area contributed by atoms with Crippen molar-refractivity contribution < 1.29 is 18.6 Å². The first-order valence-corrected chi connectivity index (χ1v) is 7.98. The Hall–Kier alpha value is -2.09. The number of nitrogens with zero attached hydrogens (tertiary/aromatic N) is 3. The van der Waals surface area contributed by atoms with Crippen molar-refractivity contribution in [1.82, 2.24) is 9.97 Å². The fourth-order valence-electron chi connectivity index (χ4n) is 2.84. The Balaban J connectivity index is 1.75. The van der Waals surface area contributed by atoms with Gasteiger partial charge in [-0.05, 0) is 19.1 Å². The molecule has 6 nitrogen and oxygen atoms in total. The van der Waals surface area contributed by atoms with Crippen LogP contribution in [0.5, 0.6) is 0 Å². The number of ether oxygens (including phenoxy) is 3. The molecule has 1 aromatic carbocycles. The zero-order valence-corrected chi connectivity index (χ0v) is 13.3. The van der Waals surface area contributed by atoms with Gasteiger partial charge in [0.25, 0.3) is 0 Å². The smallest absolute Gasteiger partial charge is 0.226 e. The third-order valence-electron chi connectivity index (χ3n) is 4.11. The third kappa shape index (κ3) is 2.86. The molecule has 0 atom stereocenters. The zero-order valence-electron chi connectivity index (χ0n) is 13.3. The minimum Gasteiger partial charge on any atom is -0.378 e. The summed E-state index contributed by atoms with van der Waals surface area (Å²) in [7, 11) is 0. The van der Waals surface area contributed by atoms with Crippen molar-refractivity contribution in [1.29, 1.82) is 0 Å². The van der Waals surface area contributed by atoms with Gasteiger partial charge in [0.2, 0.25) is 5.95 Å². The molecule has 3 heterocycles. The fraction of sp³-hybridized carbons (Fsp3) is 0.412. The summed E-state index contributed by atoms with van der Waals surface area (Å²) < 4.78 is 30.8. The van der Waals surface area contributed by atoms with Gasteiger partial charge >= 0.3 is 0 Å². The second kappa shape index (κ2) is 6.43. The first-order chi connectivity index (χ1) is 11.7. The number of rotatable bonds is 3. The van der Waals surface area contributed by atoms with E-state index in [1.165, 1.54) is 6.07 Å². The van der Waals surface area contributed by atoms with E-state index in [2.05, 4.69) is 9.97 Å². The molecule has 2 aliphatic rings. The highest BCUT2D eigenvalue weighted by molar-refractivity contribution is 5.65. The number of hydrogen-bond acceptors (Lipinski definition) is 6. The van der Waals surface area contributed by atoms with Crippen LogP contribution < -0.4 is 4.90 Å². The summed E-state index contributed by atoms with van der Waals surface area (Å²) >= 11 is 0. The predicted octanol–water partition coefficient (Wildman–Crippen LogP) is 2.51. The quantitative estimate of drug-likeness (QED) is 0.861. The van der Waals surface area contributed by atoms with Crippen LogP contribution >= 0.6 is 0 Å². The van der Waals surface area contributed by atoms with Gasteiger partial charge in [-0.2, -0.15) is 0 Å². The van der Waals surface area contributed by atoms with Crippen LogP contribution in [-0.2, 0) is 14.2 Å². The number of hydrogen-bond donors (Lipinski definition) is 0. The molecule has 0 saturated carbocycles. The Bertz CT molecular complexity index is 731. The van der Waals surface area contributed by atoms with Crippen LogP contribution in [0.1, 0.15) is 18.8 Å². The zero-order chi connectivity index (χ0) is 16.5. The first kappa shape index (κ1) is 15.4. The maximum Gasteiger partial charge on any atom is 0.226 e. The van der Waals surface area contributed by atoms with Crippen molar-refractivity contribution in [2.24, 2.45) is 0 Å². The highest BCUT2D eigenvalue weighted by atomic mass is 19.1. The fourth-order valence-corrected chi connectivity index (χ4v) is 2.84. The maximum atomic E-state index is 14.3. The molecule has 0 aliphatic carbocycles. The predicted molar refractivity (Wildman–Crippen MR) is 84.8 cm³/mol. The molecule has 2 aromatic rings. The van der Waals surface area contributed by atoms with Gasteiger partial charge < -0.3 is 19.1 Å². The van der Waals surface area contributed by atoms with Crippen LogP contribution in [-0.4, -0.2) is 42.6 Å². The molecule has 0 amide bonds. The van der Waals surface area contributed by atoms with Gasteiger partial charge in [-0.1, -0.05) is 12.1 Å². The molecule has 0 unspecified atom stereocenters. The van der Waals surface area contributed by atoms with Crippen LogP contribution in [0, 0.1) is 5.82 Å². The molecule has 24 heavy (non-hydrogen) atoms. The van der Waals surface area contributed by atoms with Crippen molar-refractivity contribution in [3.05, 3.63) is 41.8 Å². The van der Waals surface area contributed by atoms with E-state index < -0.39 is 6.29 Å². The van der Waals surface area contributed by atoms with E-state index >= 15 is 0 Å². The van der Waals surface area contributed by atoms with Gasteiger partial charge in [0.1, 0.15) is 5.82 Å². The average molecular weight is 331 g/mol. The SMILES string of the molecule is CC1OC(c2cnc(N3CCOCC3)nc2-c2ccccc2F)O1. The molecule has 0 bridgehead atoms. The number of morpholine rings is 1. The van der Waals surface area contributed by atoms with Crippen molar-refractivity contribution in [2.75, 3.05) is 31.2 Å². The molecule has 2 fully saturated rings. The Morgan fingerprint density at radius 3 is 2.62 bits per heavy atom. The molecule has 0 radical (unpaired) electrons. The summed E-state index contributed by atoms with van der Waals surface area (Å²) in [5.74, 6) is 0.227. The molecule has 2 aliphatic heterocycles. The van der Waals surface area contributed by atoms with E-state index in [1.54, 1.807) is 24.4 Å². The van der Waals surface area contributed by atoms with E-state index in [0.29, 0.717) is 49.1 Å². The van der Waals surface area contributed by atoms with Crippen LogP contribution in [0.3, 0.4) is 0 Å². The van der Waals surface area contributed by atoms with Gasteiger partial charge in [-0.25, -0.2) is 14.4 Å². The Morgan fingerprint density at radius 1 is 1.17 bits per heavy atom. The van der Waals surface area contributed by atoms with Crippen molar-refractivity contribution in [3.8, 4) is 11.3 Å². The Labute approximate surface area is 139 Å². The summed E-state index contributed by atoms with van der Waals surface area (Å²) in [6.45, 7) is 4.49. The van der Waals surface area contributed by atoms with Crippen LogP contribution in [0.4, 0.5) is 10.3 Å². The van der Waals surface area contributed by atoms with Crippen molar-refractivity contribution in [2.45, 2.75) is 19.5 Å². The Morgan fingerprint density at radius 2 is 1.92 bits per heavy atom. The summed E-state index contributed by atoms with van der Waals surface area (Å²) in [6.07, 6.45) is 0.826. The maximum absolute atomic E-state index is 14.3. The van der Waals surface area contributed by atoms with Crippen LogP contribution in [0.2, 0.25) is 0 Å². The number of halogens is 1. The van der Waals surface area contributed by atoms with Gasteiger partial charge in [0.05, 0.1) is 24.5 Å². The number of benzene rings is 1. The number of anilines is 1. The molecule has 0 N–H and O–H groups in total. The lowest BCUT2D eigenvalue weighted by Gasteiger charge is -2.35. The minimum absolute atomic E-state index is 0.276. The summed E-state index contributed by atoms with van der Waals surface area (Å²) in [4.78, 5) is 11.1. The second-order valence-corrected chi connectivity index (χ2v) is 5.72. The monoisotopic (exact) mass is 331 g/mol. The van der Waals surface area contributed by atoms with E-state index in [9.17, 15) is 4.39 Å². The average Bonchev–Trinajstić information content (AvgIpc) is 2.60. The van der Waals surface area contributed by atoms with E-state index in [1.807, 2.05) is 11.8 Å². The van der Waals surface area contributed by atoms with Crippen LogP contribution in [0.15, 0.2) is 30.5 Å². The summed E-state index contributed by atoms with van der Waals surface area (Å²) in [5.41, 5.74) is 1.55. The van der Waals surface area contributed by atoms with E-state index in [-0.39, 0.29) is 12.1 Å². The summed E-state index contributed by atoms with van der Waals surface area (Å²) in [5, 5.41) is 0. The second-order valence-electron chi connectivity index (χ2n) is 5.72. The highest BCUT2D eigenvalue weighted by Crippen LogP contribution is 2.37. The molecular weight excluding hydrogens is 313 g/mol. The molecular formula is C17H18FN3O3. The third-order valence-corrected chi connectivity index (χ3v) is 4.11. The van der Waals surface area contributed by atoms with E-state index in [0.717, 1.165) is 0 Å². The van der Waals surface area contributed by atoms with Gasteiger partial charge in [-0.15, -0.1) is 0 Å². The standard InChI is InChI=1S/C17H18FN3O3/c1-11-23-16(24-11)13-10-19-17(21-6-8-22-9-7-21)20-15(13)12-4-2-3-5-14(12)18/h2-5,10-11,16H,6-9H2,1H3. The first-order valence-electron chi connectivity index (χ1n) is 7.98. The molecule has 2 saturated heterocycles. The minimum atomic E-state index is -0.562. The lowest BCUT2D eigenvalue weighted by atomic mass is 10.1. The normalized spacial score (nSPS) is 23.8. The lowest BCUT2D eigenvalue weighted by molar-refractivity contribution is -0.382. The van der Waals surface area contributed by atoms with Gasteiger partial charge in [-0.3, -0.25) is 0 Å². The lowest BCUT2D eigenvalue weighted by Crippen LogP contribution is -2.38. The van der Waals surface area contributed by atoms with Gasteiger partial charge in [0.15, 0.2) is 12.6 Å². The van der Waals surface area contributed by atoms with Crippen molar-refractivity contribution in [3.63, 3.8) is 0 Å². The highest BCUT2D eigenvalue weighted by Gasteiger charge is 2.32. The van der Waals surface area contributed by atoms with E-state index in [4.69, 9.17) is 14.2 Å².